The summed E-state index contributed by atoms with van der Waals surface area (Å²) in [6.45, 7) is 1.73. The molecule has 0 radical (unpaired) electrons. The minimum absolute atomic E-state index is 0.193. The van der Waals surface area contributed by atoms with E-state index >= 15 is 0 Å². The largest absolute Gasteiger partial charge is 0.493 e. The van der Waals surface area contributed by atoms with Crippen molar-refractivity contribution in [1.82, 2.24) is 0 Å². The Labute approximate surface area is 138 Å². The Morgan fingerprint density at radius 2 is 1.65 bits per heavy atom. The zero-order valence-corrected chi connectivity index (χ0v) is 14.2. The third-order valence-electron chi connectivity index (χ3n) is 4.10. The van der Waals surface area contributed by atoms with Crippen LogP contribution in [0.1, 0.15) is 18.2 Å². The van der Waals surface area contributed by atoms with Gasteiger partial charge in [-0.2, -0.15) is 0 Å². The standard InChI is InChI=1S/C16H20N2O4S/c1-4-16(14(17)19,15(18)20)8-10-5-9-6-11(21-2)12(22-3)7-13(9)23-10/h5-7H,4,8H2,1-3H3,(H2,17,19)(H2,18,20). The molecule has 0 fully saturated rings. The summed E-state index contributed by atoms with van der Waals surface area (Å²) in [5.74, 6) is -0.143. The van der Waals surface area contributed by atoms with E-state index in [9.17, 15) is 9.59 Å². The second-order valence-corrected chi connectivity index (χ2v) is 6.47. The molecule has 1 heterocycles. The molecule has 7 heteroatoms. The van der Waals surface area contributed by atoms with Crippen LogP contribution in [-0.2, 0) is 16.0 Å². The number of methoxy groups -OCH3 is 2. The van der Waals surface area contributed by atoms with E-state index in [-0.39, 0.29) is 12.8 Å². The van der Waals surface area contributed by atoms with Gasteiger partial charge in [0.1, 0.15) is 5.41 Å². The normalized spacial score (nSPS) is 11.4. The van der Waals surface area contributed by atoms with Gasteiger partial charge in [-0.3, -0.25) is 9.59 Å². The van der Waals surface area contributed by atoms with Crippen molar-refractivity contribution in [2.45, 2.75) is 19.8 Å². The summed E-state index contributed by atoms with van der Waals surface area (Å²) in [5, 5.41) is 0.946. The fraction of sp³-hybridized carbons (Fsp3) is 0.375. The fourth-order valence-electron chi connectivity index (χ4n) is 2.58. The summed E-state index contributed by atoms with van der Waals surface area (Å²) in [6, 6.07) is 5.64. The molecule has 2 aromatic rings. The van der Waals surface area contributed by atoms with Gasteiger partial charge in [-0.1, -0.05) is 6.92 Å². The second kappa shape index (κ2) is 6.45. The highest BCUT2D eigenvalue weighted by Crippen LogP contribution is 2.38. The Morgan fingerprint density at radius 1 is 1.09 bits per heavy atom. The van der Waals surface area contributed by atoms with Gasteiger partial charge in [0.05, 0.1) is 14.2 Å². The van der Waals surface area contributed by atoms with Gasteiger partial charge in [0, 0.05) is 22.1 Å². The fourth-order valence-corrected chi connectivity index (χ4v) is 3.76. The monoisotopic (exact) mass is 336 g/mol. The van der Waals surface area contributed by atoms with Gasteiger partial charge in [-0.15, -0.1) is 11.3 Å². The van der Waals surface area contributed by atoms with Gasteiger partial charge < -0.3 is 20.9 Å². The molecular formula is C16H20N2O4S. The number of primary amides is 2. The van der Waals surface area contributed by atoms with Crippen LogP contribution in [0, 0.1) is 5.41 Å². The van der Waals surface area contributed by atoms with Crippen molar-refractivity contribution < 1.29 is 19.1 Å². The predicted octanol–water partition coefficient (Wildman–Crippen LogP) is 1.83. The van der Waals surface area contributed by atoms with E-state index in [1.54, 1.807) is 21.1 Å². The lowest BCUT2D eigenvalue weighted by molar-refractivity contribution is -0.139. The first-order chi connectivity index (χ1) is 10.9. The average Bonchev–Trinajstić information content (AvgIpc) is 2.91. The number of hydrogen-bond acceptors (Lipinski definition) is 5. The van der Waals surface area contributed by atoms with Gasteiger partial charge in [0.25, 0.3) is 0 Å². The number of benzene rings is 1. The summed E-state index contributed by atoms with van der Waals surface area (Å²) in [4.78, 5) is 24.5. The smallest absolute Gasteiger partial charge is 0.233 e. The van der Waals surface area contributed by atoms with E-state index in [0.29, 0.717) is 11.5 Å². The lowest BCUT2D eigenvalue weighted by atomic mass is 9.79. The number of carbonyl (C=O) groups is 2. The molecule has 6 nitrogen and oxygen atoms in total. The highest BCUT2D eigenvalue weighted by atomic mass is 32.1. The molecule has 2 rings (SSSR count). The number of amides is 2. The van der Waals surface area contributed by atoms with Crippen LogP contribution in [0.25, 0.3) is 10.1 Å². The van der Waals surface area contributed by atoms with Crippen molar-refractivity contribution >= 4 is 33.2 Å². The van der Waals surface area contributed by atoms with Crippen LogP contribution in [0.2, 0.25) is 0 Å². The molecule has 0 aliphatic carbocycles. The van der Waals surface area contributed by atoms with Gasteiger partial charge >= 0.3 is 0 Å². The van der Waals surface area contributed by atoms with Crippen LogP contribution < -0.4 is 20.9 Å². The van der Waals surface area contributed by atoms with E-state index in [2.05, 4.69) is 0 Å². The lowest BCUT2D eigenvalue weighted by Gasteiger charge is -2.24. The number of thiophene rings is 1. The number of hydrogen-bond donors (Lipinski definition) is 2. The third kappa shape index (κ3) is 2.96. The van der Waals surface area contributed by atoms with Crippen LogP contribution in [0.4, 0.5) is 0 Å². The molecule has 0 aliphatic heterocycles. The molecule has 0 saturated carbocycles. The number of rotatable bonds is 7. The van der Waals surface area contributed by atoms with Crippen molar-refractivity contribution in [1.29, 1.82) is 0 Å². The van der Waals surface area contributed by atoms with Gasteiger partial charge in [0.15, 0.2) is 11.5 Å². The maximum atomic E-state index is 11.8. The molecule has 0 unspecified atom stereocenters. The molecule has 0 atom stereocenters. The minimum Gasteiger partial charge on any atom is -0.493 e. The quantitative estimate of drug-likeness (QED) is 0.752. The Morgan fingerprint density at radius 3 is 2.13 bits per heavy atom. The van der Waals surface area contributed by atoms with Crippen molar-refractivity contribution in [2.75, 3.05) is 14.2 Å². The maximum absolute atomic E-state index is 11.8. The SMILES string of the molecule is CCC(Cc1cc2cc(OC)c(OC)cc2s1)(C(N)=O)C(N)=O. The number of ether oxygens (including phenoxy) is 2. The van der Waals surface area contributed by atoms with Gasteiger partial charge in [-0.25, -0.2) is 0 Å². The first-order valence-electron chi connectivity index (χ1n) is 7.12. The van der Waals surface area contributed by atoms with Crippen LogP contribution in [0.3, 0.4) is 0 Å². The molecule has 2 amide bonds. The molecule has 0 saturated heterocycles. The minimum atomic E-state index is -1.37. The number of fused-ring (bicyclic) bond motifs is 1. The van der Waals surface area contributed by atoms with Gasteiger partial charge in [-0.05, 0) is 23.9 Å². The maximum Gasteiger partial charge on any atom is 0.233 e. The molecule has 124 valence electrons. The summed E-state index contributed by atoms with van der Waals surface area (Å²) < 4.78 is 11.5. The van der Waals surface area contributed by atoms with E-state index in [1.807, 2.05) is 18.2 Å². The highest BCUT2D eigenvalue weighted by Gasteiger charge is 2.41. The Kier molecular flexibility index (Phi) is 4.79. The summed E-state index contributed by atoms with van der Waals surface area (Å²) in [5.41, 5.74) is 9.52. The second-order valence-electron chi connectivity index (χ2n) is 5.30. The van der Waals surface area contributed by atoms with Crippen LogP contribution in [0.5, 0.6) is 11.5 Å². The zero-order valence-electron chi connectivity index (χ0n) is 13.3. The van der Waals surface area contributed by atoms with Crippen molar-refractivity contribution in [3.63, 3.8) is 0 Å². The first-order valence-corrected chi connectivity index (χ1v) is 7.93. The Bertz CT molecular complexity index is 699. The molecule has 23 heavy (non-hydrogen) atoms. The summed E-state index contributed by atoms with van der Waals surface area (Å²) >= 11 is 1.47. The van der Waals surface area contributed by atoms with Crippen LogP contribution in [-0.4, -0.2) is 26.0 Å². The third-order valence-corrected chi connectivity index (χ3v) is 5.19. The first kappa shape index (κ1) is 17.1. The van der Waals surface area contributed by atoms with Crippen LogP contribution in [0.15, 0.2) is 18.2 Å². The van der Waals surface area contributed by atoms with Crippen molar-refractivity contribution in [3.05, 3.63) is 23.1 Å². The van der Waals surface area contributed by atoms with Gasteiger partial charge in [0.2, 0.25) is 11.8 Å². The summed E-state index contributed by atoms with van der Waals surface area (Å²) in [6.07, 6.45) is 0.455. The molecule has 1 aromatic carbocycles. The average molecular weight is 336 g/mol. The number of nitrogens with two attached hydrogens (primary N) is 2. The Hall–Kier alpha value is -2.28. The molecule has 4 N–H and O–H groups in total. The summed E-state index contributed by atoms with van der Waals surface area (Å²) in [7, 11) is 3.14. The van der Waals surface area contributed by atoms with E-state index < -0.39 is 17.2 Å². The van der Waals surface area contributed by atoms with E-state index in [4.69, 9.17) is 20.9 Å². The highest BCUT2D eigenvalue weighted by molar-refractivity contribution is 7.19. The zero-order chi connectivity index (χ0) is 17.2. The molecule has 1 aromatic heterocycles. The van der Waals surface area contributed by atoms with E-state index in [1.165, 1.54) is 11.3 Å². The molecule has 0 aliphatic rings. The van der Waals surface area contributed by atoms with Crippen LogP contribution >= 0.6 is 11.3 Å². The molecular weight excluding hydrogens is 316 g/mol. The van der Waals surface area contributed by atoms with Crippen molar-refractivity contribution in [3.8, 4) is 11.5 Å². The Balaban J connectivity index is 2.48. The molecule has 0 bridgehead atoms. The molecule has 0 spiro atoms. The topological polar surface area (TPSA) is 105 Å². The lowest BCUT2D eigenvalue weighted by Crippen LogP contribution is -2.48. The predicted molar refractivity (Wildman–Crippen MR) is 89.7 cm³/mol. The van der Waals surface area contributed by atoms with E-state index in [0.717, 1.165) is 15.0 Å². The van der Waals surface area contributed by atoms with Crippen molar-refractivity contribution in [2.24, 2.45) is 16.9 Å². The number of carbonyl (C=O) groups excluding carboxylic acids is 2.